The van der Waals surface area contributed by atoms with Gasteiger partial charge in [-0.05, 0) is 34.5 Å². The largest absolute Gasteiger partial charge is 0.459 e. The minimum atomic E-state index is -0.995. The summed E-state index contributed by atoms with van der Waals surface area (Å²) in [4.78, 5) is 10.2. The molecule has 0 aliphatic carbocycles. The highest BCUT2D eigenvalue weighted by Crippen LogP contribution is 2.38. The van der Waals surface area contributed by atoms with E-state index < -0.39 is 11.2 Å². The third kappa shape index (κ3) is 1.81. The molecule has 0 saturated heterocycles. The number of halogens is 1. The summed E-state index contributed by atoms with van der Waals surface area (Å²) in [6.07, 6.45) is 0.673. The molecule has 6 heteroatoms. The van der Waals surface area contributed by atoms with Gasteiger partial charge < -0.3 is 9.84 Å². The second-order valence-electron chi connectivity index (χ2n) is 3.46. The number of nitrogens with zero attached hydrogens (tertiary/aromatic N) is 1. The molecule has 1 aliphatic rings. The van der Waals surface area contributed by atoms with Gasteiger partial charge >= 0.3 is 0 Å². The zero-order valence-electron chi connectivity index (χ0n) is 8.31. The number of benzene rings is 1. The van der Waals surface area contributed by atoms with E-state index in [0.29, 0.717) is 21.4 Å². The second kappa shape index (κ2) is 3.88. The van der Waals surface area contributed by atoms with Gasteiger partial charge in [0.25, 0.3) is 5.69 Å². The Labute approximate surface area is 99.6 Å². The van der Waals surface area contributed by atoms with Crippen LogP contribution in [0, 0.1) is 10.1 Å². The van der Waals surface area contributed by atoms with Crippen molar-refractivity contribution in [2.75, 3.05) is 0 Å². The molecule has 2 rings (SSSR count). The van der Waals surface area contributed by atoms with E-state index in [1.54, 1.807) is 13.0 Å². The van der Waals surface area contributed by atoms with E-state index in [0.717, 1.165) is 0 Å². The SMILES string of the molecule is CC1=Cc2cc([N+](=O)[O-])cc(Br)c2O[C@H]1O. The molecule has 1 aromatic carbocycles. The number of hydrogen-bond acceptors (Lipinski definition) is 4. The summed E-state index contributed by atoms with van der Waals surface area (Å²) in [7, 11) is 0. The lowest BCUT2D eigenvalue weighted by atomic mass is 10.1. The number of nitro benzene ring substituents is 1. The molecular formula is C10H8BrNO4. The van der Waals surface area contributed by atoms with Crippen molar-refractivity contribution in [1.82, 2.24) is 0 Å². The van der Waals surface area contributed by atoms with Crippen LogP contribution in [0.3, 0.4) is 0 Å². The van der Waals surface area contributed by atoms with Crippen molar-refractivity contribution >= 4 is 27.7 Å². The third-order valence-corrected chi connectivity index (χ3v) is 2.86. The summed E-state index contributed by atoms with van der Waals surface area (Å²) in [5.74, 6) is 0.420. The Morgan fingerprint density at radius 3 is 2.88 bits per heavy atom. The highest BCUT2D eigenvalue weighted by atomic mass is 79.9. The predicted molar refractivity (Wildman–Crippen MR) is 61.1 cm³/mol. The van der Waals surface area contributed by atoms with Gasteiger partial charge in [-0.15, -0.1) is 0 Å². The van der Waals surface area contributed by atoms with Crippen LogP contribution in [-0.4, -0.2) is 16.3 Å². The molecule has 1 heterocycles. The van der Waals surface area contributed by atoms with Crippen LogP contribution in [0.15, 0.2) is 22.2 Å². The maximum absolute atomic E-state index is 10.7. The molecule has 1 aromatic rings. The summed E-state index contributed by atoms with van der Waals surface area (Å²) in [5, 5.41) is 20.1. The quantitative estimate of drug-likeness (QED) is 0.635. The van der Waals surface area contributed by atoms with Crippen molar-refractivity contribution in [3.63, 3.8) is 0 Å². The third-order valence-electron chi connectivity index (χ3n) is 2.27. The van der Waals surface area contributed by atoms with E-state index in [2.05, 4.69) is 15.9 Å². The Hall–Kier alpha value is -1.40. The maximum Gasteiger partial charge on any atom is 0.271 e. The highest BCUT2D eigenvalue weighted by molar-refractivity contribution is 9.10. The minimum absolute atomic E-state index is 0.0188. The van der Waals surface area contributed by atoms with Crippen molar-refractivity contribution < 1.29 is 14.8 Å². The van der Waals surface area contributed by atoms with Crippen LogP contribution in [0.2, 0.25) is 0 Å². The molecule has 0 spiro atoms. The number of non-ortho nitro benzene ring substituents is 1. The Morgan fingerprint density at radius 2 is 2.25 bits per heavy atom. The first kappa shape index (κ1) is 11.1. The van der Waals surface area contributed by atoms with E-state index >= 15 is 0 Å². The predicted octanol–water partition coefficient (Wildman–Crippen LogP) is 2.47. The van der Waals surface area contributed by atoms with Gasteiger partial charge in [0.15, 0.2) is 0 Å². The molecule has 0 radical (unpaired) electrons. The Kier molecular flexibility index (Phi) is 2.69. The van der Waals surface area contributed by atoms with Gasteiger partial charge in [-0.2, -0.15) is 0 Å². The van der Waals surface area contributed by atoms with Crippen molar-refractivity contribution in [1.29, 1.82) is 0 Å². The van der Waals surface area contributed by atoms with Crippen LogP contribution in [0.4, 0.5) is 5.69 Å². The van der Waals surface area contributed by atoms with E-state index in [-0.39, 0.29) is 5.69 Å². The number of nitro groups is 1. The number of fused-ring (bicyclic) bond motifs is 1. The Morgan fingerprint density at radius 1 is 1.56 bits per heavy atom. The molecule has 0 bridgehead atoms. The first-order valence-electron chi connectivity index (χ1n) is 4.50. The van der Waals surface area contributed by atoms with Crippen LogP contribution in [-0.2, 0) is 0 Å². The molecule has 0 fully saturated rings. The van der Waals surface area contributed by atoms with E-state index in [4.69, 9.17) is 4.74 Å². The standard InChI is InChI=1S/C10H8BrNO4/c1-5-2-6-3-7(12(14)15)4-8(11)9(6)16-10(5)13/h2-4,10,13H,1H3/t10-/m1/s1. The molecule has 1 aliphatic heterocycles. The smallest absolute Gasteiger partial charge is 0.271 e. The first-order chi connectivity index (χ1) is 7.49. The lowest BCUT2D eigenvalue weighted by Crippen LogP contribution is -2.20. The molecule has 0 amide bonds. The van der Waals surface area contributed by atoms with E-state index in [1.807, 2.05) is 0 Å². The van der Waals surface area contributed by atoms with Gasteiger partial charge in [-0.3, -0.25) is 10.1 Å². The van der Waals surface area contributed by atoms with Gasteiger partial charge in [0.1, 0.15) is 5.75 Å². The summed E-state index contributed by atoms with van der Waals surface area (Å²) >= 11 is 3.18. The van der Waals surface area contributed by atoms with Crippen molar-refractivity contribution in [2.45, 2.75) is 13.2 Å². The molecule has 0 saturated carbocycles. The van der Waals surface area contributed by atoms with Crippen molar-refractivity contribution in [3.8, 4) is 5.75 Å². The molecular weight excluding hydrogens is 278 g/mol. The lowest BCUT2D eigenvalue weighted by molar-refractivity contribution is -0.385. The fourth-order valence-electron chi connectivity index (χ4n) is 1.46. The number of hydrogen-bond donors (Lipinski definition) is 1. The average molecular weight is 286 g/mol. The lowest BCUT2D eigenvalue weighted by Gasteiger charge is -2.21. The van der Waals surface area contributed by atoms with E-state index in [9.17, 15) is 15.2 Å². The average Bonchev–Trinajstić information content (AvgIpc) is 2.20. The second-order valence-corrected chi connectivity index (χ2v) is 4.32. The van der Waals surface area contributed by atoms with Crippen LogP contribution in [0.25, 0.3) is 6.08 Å². The number of ether oxygens (including phenoxy) is 1. The summed E-state index contributed by atoms with van der Waals surface area (Å²) in [5.41, 5.74) is 1.18. The highest BCUT2D eigenvalue weighted by Gasteiger charge is 2.22. The molecule has 1 N–H and O–H groups in total. The normalized spacial score (nSPS) is 18.4. The first-order valence-corrected chi connectivity index (χ1v) is 5.29. The van der Waals surface area contributed by atoms with Gasteiger partial charge in [0.2, 0.25) is 6.29 Å². The summed E-state index contributed by atoms with van der Waals surface area (Å²) in [6.45, 7) is 1.69. The van der Waals surface area contributed by atoms with Gasteiger partial charge in [0, 0.05) is 17.7 Å². The minimum Gasteiger partial charge on any atom is -0.459 e. The number of aliphatic hydroxyl groups excluding tert-OH is 1. The maximum atomic E-state index is 10.7. The van der Waals surface area contributed by atoms with Crippen molar-refractivity contribution in [2.24, 2.45) is 0 Å². The molecule has 0 unspecified atom stereocenters. The van der Waals surface area contributed by atoms with Gasteiger partial charge in [0.05, 0.1) is 9.40 Å². The zero-order valence-corrected chi connectivity index (χ0v) is 9.89. The van der Waals surface area contributed by atoms with Gasteiger partial charge in [-0.25, -0.2) is 0 Å². The zero-order chi connectivity index (χ0) is 11.9. The number of rotatable bonds is 1. The van der Waals surface area contributed by atoms with Crippen molar-refractivity contribution in [3.05, 3.63) is 37.9 Å². The monoisotopic (exact) mass is 285 g/mol. The molecule has 16 heavy (non-hydrogen) atoms. The fourth-order valence-corrected chi connectivity index (χ4v) is 2.01. The molecule has 1 atom stereocenters. The van der Waals surface area contributed by atoms with Gasteiger partial charge in [-0.1, -0.05) is 0 Å². The van der Waals surface area contributed by atoms with Crippen LogP contribution >= 0.6 is 15.9 Å². The van der Waals surface area contributed by atoms with Crippen LogP contribution < -0.4 is 4.74 Å². The van der Waals surface area contributed by atoms with Crippen LogP contribution in [0.1, 0.15) is 12.5 Å². The molecule has 84 valence electrons. The number of aliphatic hydroxyl groups is 1. The topological polar surface area (TPSA) is 72.6 Å². The fraction of sp³-hybridized carbons (Fsp3) is 0.200. The molecule has 0 aromatic heterocycles. The Bertz CT molecular complexity index is 498. The molecule has 5 nitrogen and oxygen atoms in total. The summed E-state index contributed by atoms with van der Waals surface area (Å²) < 4.78 is 5.69. The summed E-state index contributed by atoms with van der Waals surface area (Å²) in [6, 6.07) is 2.76. The van der Waals surface area contributed by atoms with E-state index in [1.165, 1.54) is 12.1 Å². The van der Waals surface area contributed by atoms with Crippen LogP contribution in [0.5, 0.6) is 5.75 Å². The Balaban J connectivity index is 2.59.